The van der Waals surface area contributed by atoms with Crippen molar-refractivity contribution < 1.29 is 19.4 Å². The van der Waals surface area contributed by atoms with E-state index in [-0.39, 0.29) is 23.1 Å². The Balaban J connectivity index is 1.79. The van der Waals surface area contributed by atoms with Crippen molar-refractivity contribution in [1.82, 2.24) is 9.88 Å². The predicted octanol–water partition coefficient (Wildman–Crippen LogP) is 2.71. The van der Waals surface area contributed by atoms with Crippen LogP contribution < -0.4 is 16.2 Å². The number of para-hydroxylation sites is 1. The molecule has 1 aromatic carbocycles. The standard InChI is InChI=1S/C17H18N6O4/c18-14-8-7-11(15(19)20-14)22-21-10-4-1-2-6-13(10)27-17(26)23-9-3-5-12(23)16(24)25/h1-2,4,6-8,12H,3,5,9H2,(H,24,25)(H4,18,19,20)/b22-21+/t12-/m1/s1. The number of aliphatic carboxylic acids is 1. The molecule has 0 aliphatic carbocycles. The maximum absolute atomic E-state index is 12.4. The molecule has 0 radical (unpaired) electrons. The number of carbonyl (C=O) groups is 2. The summed E-state index contributed by atoms with van der Waals surface area (Å²) in [5.41, 5.74) is 11.9. The highest BCUT2D eigenvalue weighted by molar-refractivity contribution is 5.82. The first-order chi connectivity index (χ1) is 13.0. The monoisotopic (exact) mass is 370 g/mol. The highest BCUT2D eigenvalue weighted by Gasteiger charge is 2.35. The molecule has 10 nitrogen and oxygen atoms in total. The van der Waals surface area contributed by atoms with Gasteiger partial charge >= 0.3 is 12.1 Å². The van der Waals surface area contributed by atoms with Gasteiger partial charge in [0.1, 0.15) is 23.2 Å². The summed E-state index contributed by atoms with van der Waals surface area (Å²) in [4.78, 5) is 28.7. The van der Waals surface area contributed by atoms with Crippen LogP contribution >= 0.6 is 0 Å². The molecule has 3 rings (SSSR count). The van der Waals surface area contributed by atoms with Crippen molar-refractivity contribution in [2.24, 2.45) is 10.2 Å². The number of benzene rings is 1. The van der Waals surface area contributed by atoms with Gasteiger partial charge in [-0.1, -0.05) is 12.1 Å². The minimum Gasteiger partial charge on any atom is -0.480 e. The molecule has 5 N–H and O–H groups in total. The molecule has 140 valence electrons. The highest BCUT2D eigenvalue weighted by Crippen LogP contribution is 2.31. The SMILES string of the molecule is Nc1ccc(/N=N/c2ccccc2OC(=O)N2CCC[C@@H]2C(=O)O)c(N)n1. The summed E-state index contributed by atoms with van der Waals surface area (Å²) in [6.07, 6.45) is 0.266. The summed E-state index contributed by atoms with van der Waals surface area (Å²) in [5, 5.41) is 17.3. The van der Waals surface area contributed by atoms with E-state index in [1.165, 1.54) is 11.0 Å². The van der Waals surface area contributed by atoms with Crippen LogP contribution in [0.1, 0.15) is 12.8 Å². The van der Waals surface area contributed by atoms with Crippen LogP contribution in [0.2, 0.25) is 0 Å². The van der Waals surface area contributed by atoms with Gasteiger partial charge < -0.3 is 21.3 Å². The number of amides is 1. The Morgan fingerprint density at radius 3 is 2.63 bits per heavy atom. The van der Waals surface area contributed by atoms with E-state index in [4.69, 9.17) is 16.2 Å². The highest BCUT2D eigenvalue weighted by atomic mass is 16.6. The molecule has 0 unspecified atom stereocenters. The number of pyridine rings is 1. The Labute approximate surface area is 154 Å². The maximum Gasteiger partial charge on any atom is 0.416 e. The van der Waals surface area contributed by atoms with Gasteiger partial charge in [-0.15, -0.1) is 10.2 Å². The number of carbonyl (C=O) groups excluding carboxylic acids is 1. The van der Waals surface area contributed by atoms with Gasteiger partial charge in [0.25, 0.3) is 0 Å². The van der Waals surface area contributed by atoms with Crippen LogP contribution in [0.15, 0.2) is 46.6 Å². The molecule has 0 saturated carbocycles. The fraction of sp³-hybridized carbons (Fsp3) is 0.235. The van der Waals surface area contributed by atoms with Crippen molar-refractivity contribution in [2.45, 2.75) is 18.9 Å². The van der Waals surface area contributed by atoms with E-state index >= 15 is 0 Å². The number of hydrogen-bond acceptors (Lipinski definition) is 8. The molecule has 1 aliphatic heterocycles. The number of carboxylic acid groups (broad SMARTS) is 1. The molecule has 1 aliphatic rings. The van der Waals surface area contributed by atoms with Crippen LogP contribution in [0.3, 0.4) is 0 Å². The van der Waals surface area contributed by atoms with Crippen molar-refractivity contribution in [1.29, 1.82) is 0 Å². The number of likely N-dealkylation sites (tertiary alicyclic amines) is 1. The number of anilines is 2. The van der Waals surface area contributed by atoms with Gasteiger partial charge in [0.2, 0.25) is 0 Å². The fourth-order valence-electron chi connectivity index (χ4n) is 2.70. The van der Waals surface area contributed by atoms with E-state index in [0.717, 1.165) is 0 Å². The Morgan fingerprint density at radius 2 is 1.89 bits per heavy atom. The number of ether oxygens (including phenoxy) is 1. The number of nitrogens with two attached hydrogens (primary N) is 2. The van der Waals surface area contributed by atoms with Crippen LogP contribution in [0.25, 0.3) is 0 Å². The second-order valence-corrected chi connectivity index (χ2v) is 5.87. The van der Waals surface area contributed by atoms with Gasteiger partial charge in [-0.25, -0.2) is 14.6 Å². The van der Waals surface area contributed by atoms with Gasteiger partial charge in [-0.2, -0.15) is 0 Å². The quantitative estimate of drug-likeness (QED) is 0.698. The Morgan fingerprint density at radius 1 is 1.15 bits per heavy atom. The van der Waals surface area contributed by atoms with Gasteiger partial charge in [0, 0.05) is 6.54 Å². The van der Waals surface area contributed by atoms with Crippen molar-refractivity contribution in [3.8, 4) is 5.75 Å². The Hall–Kier alpha value is -3.69. The zero-order chi connectivity index (χ0) is 19.4. The zero-order valence-electron chi connectivity index (χ0n) is 14.3. The molecule has 0 bridgehead atoms. The lowest BCUT2D eigenvalue weighted by Gasteiger charge is -2.20. The van der Waals surface area contributed by atoms with E-state index in [9.17, 15) is 14.7 Å². The lowest BCUT2D eigenvalue weighted by molar-refractivity contribution is -0.141. The maximum atomic E-state index is 12.4. The second-order valence-electron chi connectivity index (χ2n) is 5.87. The molecule has 10 heteroatoms. The fourth-order valence-corrected chi connectivity index (χ4v) is 2.70. The van der Waals surface area contributed by atoms with E-state index in [1.54, 1.807) is 30.3 Å². The van der Waals surface area contributed by atoms with Gasteiger partial charge in [0.15, 0.2) is 11.6 Å². The minimum absolute atomic E-state index is 0.120. The smallest absolute Gasteiger partial charge is 0.416 e. The molecule has 1 atom stereocenters. The summed E-state index contributed by atoms with van der Waals surface area (Å²) in [5.74, 6) is -0.512. The summed E-state index contributed by atoms with van der Waals surface area (Å²) >= 11 is 0. The van der Waals surface area contributed by atoms with E-state index in [0.29, 0.717) is 25.1 Å². The lowest BCUT2D eigenvalue weighted by Crippen LogP contribution is -2.41. The third-order valence-corrected chi connectivity index (χ3v) is 4.02. The average molecular weight is 370 g/mol. The predicted molar refractivity (Wildman–Crippen MR) is 97.1 cm³/mol. The second kappa shape index (κ2) is 7.68. The first-order valence-corrected chi connectivity index (χ1v) is 8.19. The van der Waals surface area contributed by atoms with Crippen LogP contribution in [-0.4, -0.2) is 39.6 Å². The first-order valence-electron chi connectivity index (χ1n) is 8.19. The zero-order valence-corrected chi connectivity index (χ0v) is 14.3. The van der Waals surface area contributed by atoms with Crippen LogP contribution in [0.4, 0.5) is 27.8 Å². The first kappa shape index (κ1) is 18.1. The van der Waals surface area contributed by atoms with Crippen molar-refractivity contribution in [3.05, 3.63) is 36.4 Å². The average Bonchev–Trinajstić information content (AvgIpc) is 3.12. The van der Waals surface area contributed by atoms with E-state index < -0.39 is 18.1 Å². The number of carboxylic acids is 1. The van der Waals surface area contributed by atoms with Crippen molar-refractivity contribution >= 4 is 35.1 Å². The van der Waals surface area contributed by atoms with Crippen LogP contribution in [0, 0.1) is 0 Å². The van der Waals surface area contributed by atoms with Gasteiger partial charge in [-0.3, -0.25) is 4.90 Å². The molecule has 1 fully saturated rings. The number of hydrogen-bond donors (Lipinski definition) is 3. The molecule has 1 amide bonds. The number of azo groups is 1. The number of nitrogens with zero attached hydrogens (tertiary/aromatic N) is 4. The molecular formula is C17H18N6O4. The summed E-state index contributed by atoms with van der Waals surface area (Å²) < 4.78 is 5.35. The summed E-state index contributed by atoms with van der Waals surface area (Å²) in [6.45, 7) is 0.327. The topological polar surface area (TPSA) is 156 Å². The summed E-state index contributed by atoms with van der Waals surface area (Å²) in [6, 6.07) is 8.74. The largest absolute Gasteiger partial charge is 0.480 e. The van der Waals surface area contributed by atoms with Gasteiger partial charge in [0.05, 0.1) is 0 Å². The number of rotatable bonds is 4. The van der Waals surface area contributed by atoms with E-state index in [2.05, 4.69) is 15.2 Å². The Kier molecular flexibility index (Phi) is 5.15. The molecule has 1 saturated heterocycles. The molecule has 27 heavy (non-hydrogen) atoms. The normalized spacial score (nSPS) is 16.6. The van der Waals surface area contributed by atoms with Crippen LogP contribution in [-0.2, 0) is 4.79 Å². The Bertz CT molecular complexity index is 901. The molecule has 2 aromatic rings. The molecule has 2 heterocycles. The summed E-state index contributed by atoms with van der Waals surface area (Å²) in [7, 11) is 0. The molecular weight excluding hydrogens is 352 g/mol. The van der Waals surface area contributed by atoms with Crippen molar-refractivity contribution in [2.75, 3.05) is 18.0 Å². The minimum atomic E-state index is -1.05. The van der Waals surface area contributed by atoms with E-state index in [1.807, 2.05) is 0 Å². The number of nitrogen functional groups attached to an aromatic ring is 2. The lowest BCUT2D eigenvalue weighted by atomic mass is 10.2. The molecule has 1 aromatic heterocycles. The third-order valence-electron chi connectivity index (χ3n) is 4.02. The van der Waals surface area contributed by atoms with Gasteiger partial charge in [-0.05, 0) is 37.1 Å². The van der Waals surface area contributed by atoms with Crippen LogP contribution in [0.5, 0.6) is 5.75 Å². The number of aromatic nitrogens is 1. The molecule has 0 spiro atoms. The third kappa shape index (κ3) is 4.11. The van der Waals surface area contributed by atoms with Crippen molar-refractivity contribution in [3.63, 3.8) is 0 Å².